The number of nitrogens with zero attached hydrogens (tertiary/aromatic N) is 1. The van der Waals surface area contributed by atoms with Crippen LogP contribution in [0.15, 0.2) is 42.5 Å². The third-order valence-corrected chi connectivity index (χ3v) is 5.19. The van der Waals surface area contributed by atoms with Crippen LogP contribution in [-0.4, -0.2) is 51.8 Å². The summed E-state index contributed by atoms with van der Waals surface area (Å²) in [7, 11) is 4.60. The molecule has 0 saturated carbocycles. The molecule has 1 saturated heterocycles. The number of hydrogen-bond donors (Lipinski definition) is 1. The monoisotopic (exact) mass is 370 g/mol. The summed E-state index contributed by atoms with van der Waals surface area (Å²) in [4.78, 5) is 15.1. The average molecular weight is 370 g/mol. The molecule has 0 unspecified atom stereocenters. The van der Waals surface area contributed by atoms with Crippen LogP contribution >= 0.6 is 0 Å². The first-order valence-electron chi connectivity index (χ1n) is 8.97. The fourth-order valence-corrected chi connectivity index (χ4v) is 3.79. The quantitative estimate of drug-likeness (QED) is 0.846. The number of carbonyl (C=O) groups excluding carboxylic acids is 1. The summed E-state index contributed by atoms with van der Waals surface area (Å²) < 4.78 is 16.2. The maximum atomic E-state index is 13.2. The number of carbonyl (C=O) groups is 1. The van der Waals surface area contributed by atoms with Crippen LogP contribution in [0, 0.1) is 5.92 Å². The summed E-state index contributed by atoms with van der Waals surface area (Å²) in [5, 5.41) is 0. The zero-order valence-electron chi connectivity index (χ0n) is 16.0. The number of methoxy groups -OCH3 is 3. The van der Waals surface area contributed by atoms with Gasteiger partial charge in [0.2, 0.25) is 5.75 Å². The Kier molecular flexibility index (Phi) is 5.86. The number of likely N-dealkylation sites (tertiary alicyclic amines) is 1. The molecular weight excluding hydrogens is 344 g/mol. The Morgan fingerprint density at radius 3 is 2.30 bits per heavy atom. The maximum Gasteiger partial charge on any atom is 0.257 e. The van der Waals surface area contributed by atoms with Crippen LogP contribution in [0.2, 0.25) is 0 Å². The van der Waals surface area contributed by atoms with E-state index in [-0.39, 0.29) is 17.7 Å². The van der Waals surface area contributed by atoms with Crippen molar-refractivity contribution >= 4 is 5.91 Å². The first kappa shape index (κ1) is 19.0. The second-order valence-corrected chi connectivity index (χ2v) is 6.60. The standard InChI is InChI=1S/C21H26N2O4/c1-25-18-10-9-16(19(26-2)20(18)27-3)21(24)23-12-15(11-22)17(13-23)14-7-5-4-6-8-14/h4-10,15,17H,11-13,22H2,1-3H3/t15-,17+/m1/s1. The van der Waals surface area contributed by atoms with E-state index >= 15 is 0 Å². The predicted molar refractivity (Wildman–Crippen MR) is 104 cm³/mol. The molecule has 0 aromatic heterocycles. The molecule has 6 nitrogen and oxygen atoms in total. The Balaban J connectivity index is 1.90. The molecular formula is C21H26N2O4. The van der Waals surface area contributed by atoms with Crippen LogP contribution in [-0.2, 0) is 0 Å². The van der Waals surface area contributed by atoms with E-state index < -0.39 is 0 Å². The Morgan fingerprint density at radius 1 is 1.00 bits per heavy atom. The lowest BCUT2D eigenvalue weighted by atomic mass is 9.89. The highest BCUT2D eigenvalue weighted by molar-refractivity contribution is 5.98. The van der Waals surface area contributed by atoms with Crippen molar-refractivity contribution < 1.29 is 19.0 Å². The molecule has 0 radical (unpaired) electrons. The topological polar surface area (TPSA) is 74.0 Å². The smallest absolute Gasteiger partial charge is 0.257 e. The van der Waals surface area contributed by atoms with E-state index in [1.54, 1.807) is 19.2 Å². The van der Waals surface area contributed by atoms with E-state index in [9.17, 15) is 4.79 Å². The van der Waals surface area contributed by atoms with E-state index in [2.05, 4.69) is 12.1 Å². The van der Waals surface area contributed by atoms with Gasteiger partial charge in [0.15, 0.2) is 11.5 Å². The summed E-state index contributed by atoms with van der Waals surface area (Å²) in [5.74, 6) is 1.68. The number of nitrogens with two attached hydrogens (primary N) is 1. The van der Waals surface area contributed by atoms with Crippen molar-refractivity contribution in [3.63, 3.8) is 0 Å². The van der Waals surface area contributed by atoms with Crippen molar-refractivity contribution in [1.82, 2.24) is 4.90 Å². The van der Waals surface area contributed by atoms with Gasteiger partial charge >= 0.3 is 0 Å². The first-order valence-corrected chi connectivity index (χ1v) is 8.97. The molecule has 2 atom stereocenters. The van der Waals surface area contributed by atoms with Crippen LogP contribution in [0.5, 0.6) is 17.2 Å². The summed E-state index contributed by atoms with van der Waals surface area (Å²) >= 11 is 0. The fraction of sp³-hybridized carbons (Fsp3) is 0.381. The van der Waals surface area contributed by atoms with E-state index in [1.807, 2.05) is 23.1 Å². The number of ether oxygens (including phenoxy) is 3. The highest BCUT2D eigenvalue weighted by Crippen LogP contribution is 2.41. The van der Waals surface area contributed by atoms with Crippen LogP contribution in [0.25, 0.3) is 0 Å². The van der Waals surface area contributed by atoms with Gasteiger partial charge in [-0.15, -0.1) is 0 Å². The minimum atomic E-state index is -0.0929. The summed E-state index contributed by atoms with van der Waals surface area (Å²) in [6.45, 7) is 1.78. The van der Waals surface area contributed by atoms with Crippen LogP contribution in [0.4, 0.5) is 0 Å². The first-order chi connectivity index (χ1) is 13.1. The summed E-state index contributed by atoms with van der Waals surface area (Å²) in [5.41, 5.74) is 7.67. The van der Waals surface area contributed by atoms with Gasteiger partial charge in [0.05, 0.1) is 26.9 Å². The molecule has 0 spiro atoms. The van der Waals surface area contributed by atoms with E-state index in [0.717, 1.165) is 0 Å². The molecule has 1 amide bonds. The Labute approximate surface area is 159 Å². The molecule has 2 aromatic rings. The molecule has 0 bridgehead atoms. The Hall–Kier alpha value is -2.73. The van der Waals surface area contributed by atoms with Gasteiger partial charge in [0, 0.05) is 19.0 Å². The molecule has 1 heterocycles. The molecule has 2 N–H and O–H groups in total. The lowest BCUT2D eigenvalue weighted by molar-refractivity contribution is 0.0782. The van der Waals surface area contributed by atoms with Crippen molar-refractivity contribution in [2.75, 3.05) is 41.0 Å². The molecule has 1 aliphatic rings. The predicted octanol–water partition coefficient (Wildman–Crippen LogP) is 2.53. The molecule has 1 aliphatic heterocycles. The van der Waals surface area contributed by atoms with Gasteiger partial charge in [-0.2, -0.15) is 0 Å². The van der Waals surface area contributed by atoms with Gasteiger partial charge in [-0.25, -0.2) is 0 Å². The third-order valence-electron chi connectivity index (χ3n) is 5.19. The van der Waals surface area contributed by atoms with E-state index in [4.69, 9.17) is 19.9 Å². The number of hydrogen-bond acceptors (Lipinski definition) is 5. The van der Waals surface area contributed by atoms with Crippen molar-refractivity contribution in [1.29, 1.82) is 0 Å². The molecule has 2 aromatic carbocycles. The average Bonchev–Trinajstić information content (AvgIpc) is 3.17. The van der Waals surface area contributed by atoms with E-state index in [0.29, 0.717) is 42.4 Å². The lowest BCUT2D eigenvalue weighted by Crippen LogP contribution is -2.30. The number of amides is 1. The van der Waals surface area contributed by atoms with Crippen molar-refractivity contribution in [3.8, 4) is 17.2 Å². The van der Waals surface area contributed by atoms with E-state index in [1.165, 1.54) is 19.8 Å². The minimum absolute atomic E-state index is 0.0929. The number of rotatable bonds is 6. The zero-order valence-corrected chi connectivity index (χ0v) is 16.0. The van der Waals surface area contributed by atoms with Crippen LogP contribution in [0.3, 0.4) is 0 Å². The Bertz CT molecular complexity index is 794. The van der Waals surface area contributed by atoms with Gasteiger partial charge in [0.25, 0.3) is 5.91 Å². The highest BCUT2D eigenvalue weighted by atomic mass is 16.5. The van der Waals surface area contributed by atoms with Crippen LogP contribution in [0.1, 0.15) is 21.8 Å². The molecule has 6 heteroatoms. The van der Waals surface area contributed by atoms with Gasteiger partial charge in [-0.1, -0.05) is 30.3 Å². The highest BCUT2D eigenvalue weighted by Gasteiger charge is 2.37. The minimum Gasteiger partial charge on any atom is -0.493 e. The molecule has 3 rings (SSSR count). The van der Waals surface area contributed by atoms with Gasteiger partial charge in [-0.05, 0) is 30.2 Å². The Morgan fingerprint density at radius 2 is 1.70 bits per heavy atom. The second-order valence-electron chi connectivity index (χ2n) is 6.60. The van der Waals surface area contributed by atoms with Gasteiger partial charge in [-0.3, -0.25) is 4.79 Å². The maximum absolute atomic E-state index is 13.2. The molecule has 0 aliphatic carbocycles. The number of benzene rings is 2. The van der Waals surface area contributed by atoms with Crippen molar-refractivity contribution in [2.45, 2.75) is 5.92 Å². The zero-order chi connectivity index (χ0) is 19.4. The fourth-order valence-electron chi connectivity index (χ4n) is 3.79. The van der Waals surface area contributed by atoms with Crippen molar-refractivity contribution in [3.05, 3.63) is 53.6 Å². The molecule has 144 valence electrons. The molecule has 1 fully saturated rings. The summed E-state index contributed by atoms with van der Waals surface area (Å²) in [6.07, 6.45) is 0. The largest absolute Gasteiger partial charge is 0.493 e. The van der Waals surface area contributed by atoms with Gasteiger partial charge < -0.3 is 24.8 Å². The normalized spacial score (nSPS) is 19.0. The van der Waals surface area contributed by atoms with Gasteiger partial charge in [0.1, 0.15) is 0 Å². The lowest BCUT2D eigenvalue weighted by Gasteiger charge is -2.20. The van der Waals surface area contributed by atoms with Crippen molar-refractivity contribution in [2.24, 2.45) is 11.7 Å². The van der Waals surface area contributed by atoms with Crippen LogP contribution < -0.4 is 19.9 Å². The summed E-state index contributed by atoms with van der Waals surface area (Å²) in [6, 6.07) is 13.7. The molecule has 27 heavy (non-hydrogen) atoms. The second kappa shape index (κ2) is 8.31. The SMILES string of the molecule is COc1ccc(C(=O)N2C[C@@H](CN)[C@H](c3ccccc3)C2)c(OC)c1OC. The third kappa shape index (κ3) is 3.57.